The first-order chi connectivity index (χ1) is 15.1. The molecule has 2 aromatic carbocycles. The highest BCUT2D eigenvalue weighted by molar-refractivity contribution is 14.0. The maximum atomic E-state index is 6.08. The van der Waals surface area contributed by atoms with Gasteiger partial charge in [-0.1, -0.05) is 48.5 Å². The van der Waals surface area contributed by atoms with Gasteiger partial charge >= 0.3 is 0 Å². The van der Waals surface area contributed by atoms with Crippen LogP contribution in [0.1, 0.15) is 34.2 Å². The van der Waals surface area contributed by atoms with Crippen LogP contribution in [0.2, 0.25) is 0 Å². The smallest absolute Gasteiger partial charge is 0.194 e. The van der Waals surface area contributed by atoms with Gasteiger partial charge in [0.1, 0.15) is 11.9 Å². The molecule has 1 atom stereocenters. The molecule has 6 nitrogen and oxygen atoms in total. The third-order valence-corrected chi connectivity index (χ3v) is 5.83. The Balaban J connectivity index is 0.00000289. The second-order valence-corrected chi connectivity index (χ2v) is 7.99. The highest BCUT2D eigenvalue weighted by Crippen LogP contribution is 2.25. The summed E-state index contributed by atoms with van der Waals surface area (Å²) in [7, 11) is 1.85. The van der Waals surface area contributed by atoms with Gasteiger partial charge in [-0.3, -0.25) is 4.99 Å². The predicted octanol–water partition coefficient (Wildman–Crippen LogP) is 4.32. The van der Waals surface area contributed by atoms with E-state index in [1.54, 1.807) is 0 Å². The lowest BCUT2D eigenvalue weighted by Gasteiger charge is -2.35. The normalized spacial score (nSPS) is 16.5. The van der Waals surface area contributed by atoms with Crippen LogP contribution in [-0.2, 0) is 17.8 Å². The van der Waals surface area contributed by atoms with E-state index in [1.165, 1.54) is 22.3 Å². The molecule has 3 aromatic rings. The van der Waals surface area contributed by atoms with Crippen molar-refractivity contribution in [2.75, 3.05) is 26.7 Å². The number of halogens is 1. The number of nitrogens with zero attached hydrogens (tertiary/aromatic N) is 4. The molecule has 0 amide bonds. The minimum atomic E-state index is 0. The fourth-order valence-electron chi connectivity index (χ4n) is 4.10. The summed E-state index contributed by atoms with van der Waals surface area (Å²) in [5.74, 6) is 1.94. The summed E-state index contributed by atoms with van der Waals surface area (Å²) in [6.45, 7) is 8.06. The van der Waals surface area contributed by atoms with Gasteiger partial charge in [-0.2, -0.15) is 0 Å². The molecule has 0 saturated carbocycles. The van der Waals surface area contributed by atoms with E-state index in [4.69, 9.17) is 4.74 Å². The fourth-order valence-corrected chi connectivity index (χ4v) is 4.10. The van der Waals surface area contributed by atoms with Crippen LogP contribution in [0.25, 0.3) is 0 Å². The van der Waals surface area contributed by atoms with Crippen LogP contribution in [-0.4, -0.2) is 47.2 Å². The molecule has 0 bridgehead atoms. The average molecular weight is 545 g/mol. The zero-order valence-electron chi connectivity index (χ0n) is 19.0. The summed E-state index contributed by atoms with van der Waals surface area (Å²) >= 11 is 0. The summed E-state index contributed by atoms with van der Waals surface area (Å²) in [6.07, 6.45) is 3.93. The number of guanidine groups is 1. The zero-order valence-corrected chi connectivity index (χ0v) is 21.3. The standard InChI is InChI=1S/C25H31N5O.HI/c1-19-7-4-5-10-23(19)24-18-30(13-14-31-24)25(26-3)28-16-21-8-6-9-22(15-21)17-29-12-11-27-20(29)2;/h4-12,15,24H,13-14,16-18H2,1-3H3,(H,26,28);1H. The minimum Gasteiger partial charge on any atom is -0.370 e. The van der Waals surface area contributed by atoms with Crippen LogP contribution in [0, 0.1) is 13.8 Å². The van der Waals surface area contributed by atoms with Crippen molar-refractivity contribution >= 4 is 29.9 Å². The molecule has 0 spiro atoms. The lowest BCUT2D eigenvalue weighted by atomic mass is 10.0. The van der Waals surface area contributed by atoms with Gasteiger partial charge in [-0.05, 0) is 36.1 Å². The average Bonchev–Trinajstić information content (AvgIpc) is 3.19. The number of aromatic nitrogens is 2. The molecular weight excluding hydrogens is 513 g/mol. The summed E-state index contributed by atoms with van der Waals surface area (Å²) < 4.78 is 8.23. The molecule has 170 valence electrons. The third-order valence-electron chi connectivity index (χ3n) is 5.83. The Kier molecular flexibility index (Phi) is 8.69. The fraction of sp³-hybridized carbons (Fsp3) is 0.360. The minimum absolute atomic E-state index is 0. The van der Waals surface area contributed by atoms with Crippen molar-refractivity contribution < 1.29 is 4.74 Å². The molecule has 1 N–H and O–H groups in total. The van der Waals surface area contributed by atoms with E-state index in [-0.39, 0.29) is 30.1 Å². The van der Waals surface area contributed by atoms with Crippen LogP contribution < -0.4 is 5.32 Å². The molecule has 4 rings (SSSR count). The van der Waals surface area contributed by atoms with Crippen molar-refractivity contribution in [2.45, 2.75) is 33.0 Å². The first kappa shape index (κ1) is 24.3. The van der Waals surface area contributed by atoms with Gasteiger partial charge in [0.15, 0.2) is 5.96 Å². The van der Waals surface area contributed by atoms with E-state index in [0.717, 1.165) is 38.0 Å². The van der Waals surface area contributed by atoms with Crippen LogP contribution in [0.4, 0.5) is 0 Å². The summed E-state index contributed by atoms with van der Waals surface area (Å²) in [5.41, 5.74) is 5.02. The number of benzene rings is 2. The lowest BCUT2D eigenvalue weighted by molar-refractivity contribution is -0.00833. The molecule has 1 fully saturated rings. The molecule has 1 unspecified atom stereocenters. The van der Waals surface area contributed by atoms with E-state index in [2.05, 4.69) is 80.2 Å². The molecule has 1 aliphatic heterocycles. The van der Waals surface area contributed by atoms with Crippen LogP contribution in [0.15, 0.2) is 65.9 Å². The topological polar surface area (TPSA) is 54.7 Å². The van der Waals surface area contributed by atoms with Crippen molar-refractivity contribution in [2.24, 2.45) is 4.99 Å². The zero-order chi connectivity index (χ0) is 21.6. The number of morpholine rings is 1. The maximum Gasteiger partial charge on any atom is 0.194 e. The number of imidazole rings is 1. The van der Waals surface area contributed by atoms with Crippen LogP contribution in [0.3, 0.4) is 0 Å². The quantitative estimate of drug-likeness (QED) is 0.295. The van der Waals surface area contributed by atoms with E-state index in [9.17, 15) is 0 Å². The number of aryl methyl sites for hydroxylation is 2. The Morgan fingerprint density at radius 3 is 2.72 bits per heavy atom. The Morgan fingerprint density at radius 2 is 1.97 bits per heavy atom. The van der Waals surface area contributed by atoms with E-state index in [1.807, 2.05) is 26.4 Å². The molecule has 2 heterocycles. The first-order valence-corrected chi connectivity index (χ1v) is 10.8. The van der Waals surface area contributed by atoms with E-state index < -0.39 is 0 Å². The van der Waals surface area contributed by atoms with Gasteiger partial charge in [0.05, 0.1) is 13.2 Å². The molecule has 32 heavy (non-hydrogen) atoms. The second-order valence-electron chi connectivity index (χ2n) is 7.99. The Bertz CT molecular complexity index is 1050. The summed E-state index contributed by atoms with van der Waals surface area (Å²) in [6, 6.07) is 17.1. The molecule has 0 aliphatic carbocycles. The van der Waals surface area contributed by atoms with Crippen molar-refractivity contribution in [3.63, 3.8) is 0 Å². The van der Waals surface area contributed by atoms with Crippen LogP contribution >= 0.6 is 24.0 Å². The highest BCUT2D eigenvalue weighted by atomic mass is 127. The predicted molar refractivity (Wildman–Crippen MR) is 140 cm³/mol. The first-order valence-electron chi connectivity index (χ1n) is 10.8. The van der Waals surface area contributed by atoms with Gasteiger partial charge in [-0.15, -0.1) is 24.0 Å². The van der Waals surface area contributed by atoms with Crippen LogP contribution in [0.5, 0.6) is 0 Å². The van der Waals surface area contributed by atoms with Crippen molar-refractivity contribution in [3.05, 3.63) is 89.0 Å². The maximum absolute atomic E-state index is 6.08. The number of hydrogen-bond acceptors (Lipinski definition) is 3. The van der Waals surface area contributed by atoms with Crippen molar-refractivity contribution in [1.29, 1.82) is 0 Å². The molecule has 1 aliphatic rings. The Labute approximate surface area is 207 Å². The van der Waals surface area contributed by atoms with Gasteiger partial charge in [0, 0.05) is 39.1 Å². The lowest BCUT2D eigenvalue weighted by Crippen LogP contribution is -2.48. The number of nitrogens with one attached hydrogen (secondary N) is 1. The van der Waals surface area contributed by atoms with Gasteiger partial charge < -0.3 is 19.5 Å². The van der Waals surface area contributed by atoms with Gasteiger partial charge in [0.2, 0.25) is 0 Å². The Hall–Kier alpha value is -2.39. The molecule has 1 aromatic heterocycles. The molecule has 7 heteroatoms. The van der Waals surface area contributed by atoms with Crippen molar-refractivity contribution in [1.82, 2.24) is 19.8 Å². The second kappa shape index (κ2) is 11.5. The van der Waals surface area contributed by atoms with Gasteiger partial charge in [-0.25, -0.2) is 4.98 Å². The molecular formula is C25H32IN5O. The van der Waals surface area contributed by atoms with Crippen molar-refractivity contribution in [3.8, 4) is 0 Å². The van der Waals surface area contributed by atoms with Gasteiger partial charge in [0.25, 0.3) is 0 Å². The monoisotopic (exact) mass is 545 g/mol. The number of rotatable bonds is 5. The SMILES string of the molecule is CN=C(NCc1cccc(Cn2ccnc2C)c1)N1CCOC(c2ccccc2C)C1.I. The van der Waals surface area contributed by atoms with E-state index >= 15 is 0 Å². The number of aliphatic imine (C=N–C) groups is 1. The number of ether oxygens (including phenoxy) is 1. The largest absolute Gasteiger partial charge is 0.370 e. The summed E-state index contributed by atoms with van der Waals surface area (Å²) in [5, 5.41) is 3.54. The summed E-state index contributed by atoms with van der Waals surface area (Å²) in [4.78, 5) is 11.1. The molecule has 1 saturated heterocycles. The van der Waals surface area contributed by atoms with E-state index in [0.29, 0.717) is 6.61 Å². The Morgan fingerprint density at radius 1 is 1.16 bits per heavy atom. The molecule has 0 radical (unpaired) electrons. The third kappa shape index (κ3) is 5.89. The number of hydrogen-bond donors (Lipinski definition) is 1. The highest BCUT2D eigenvalue weighted by Gasteiger charge is 2.25.